The van der Waals surface area contributed by atoms with E-state index in [2.05, 4.69) is 13.2 Å². The van der Waals surface area contributed by atoms with Gasteiger partial charge < -0.3 is 9.47 Å². The highest BCUT2D eigenvalue weighted by atomic mass is 16.6. The highest BCUT2D eigenvalue weighted by Gasteiger charge is 2.19. The maximum atomic E-state index is 11.4. The van der Waals surface area contributed by atoms with Gasteiger partial charge in [-0.25, -0.2) is 0 Å². The van der Waals surface area contributed by atoms with E-state index in [1.54, 1.807) is 18.2 Å². The molecule has 0 aliphatic rings. The van der Waals surface area contributed by atoms with Gasteiger partial charge in [0.05, 0.1) is 0 Å². The van der Waals surface area contributed by atoms with Gasteiger partial charge in [-0.3, -0.25) is 9.59 Å². The van der Waals surface area contributed by atoms with Crippen LogP contribution in [-0.4, -0.2) is 11.9 Å². The van der Waals surface area contributed by atoms with Crippen molar-refractivity contribution in [2.24, 2.45) is 0 Å². The Morgan fingerprint density at radius 2 is 1.57 bits per heavy atom. The van der Waals surface area contributed by atoms with Crippen LogP contribution < -0.4 is 9.47 Å². The molecule has 0 unspecified atom stereocenters. The van der Waals surface area contributed by atoms with Crippen molar-refractivity contribution in [2.75, 3.05) is 0 Å². The molecular formula is C19H18O4. The summed E-state index contributed by atoms with van der Waals surface area (Å²) in [5.74, 6) is -0.664. The summed E-state index contributed by atoms with van der Waals surface area (Å²) in [6.07, 6.45) is 3.50. The van der Waals surface area contributed by atoms with Crippen molar-refractivity contribution in [3.8, 4) is 11.5 Å². The first-order valence-corrected chi connectivity index (χ1v) is 7.15. The summed E-state index contributed by atoms with van der Waals surface area (Å²) in [6, 6.07) is 9.13. The molecule has 0 atom stereocenters. The molecule has 4 heteroatoms. The minimum atomic E-state index is -0.492. The number of hydrogen-bond acceptors (Lipinski definition) is 4. The van der Waals surface area contributed by atoms with Crippen molar-refractivity contribution in [2.45, 2.75) is 19.8 Å². The second kappa shape index (κ2) is 6.92. The van der Waals surface area contributed by atoms with Crippen LogP contribution in [-0.2, 0) is 9.59 Å². The molecule has 0 radical (unpaired) electrons. The van der Waals surface area contributed by atoms with E-state index < -0.39 is 11.9 Å². The largest absolute Gasteiger partial charge is 0.423 e. The van der Waals surface area contributed by atoms with Crippen molar-refractivity contribution in [1.29, 1.82) is 0 Å². The Balaban J connectivity index is 2.83. The normalized spacial score (nSPS) is 10.4. The maximum absolute atomic E-state index is 11.4. The highest BCUT2D eigenvalue weighted by Crippen LogP contribution is 2.41. The second-order valence-electron chi connectivity index (χ2n) is 5.02. The monoisotopic (exact) mass is 310 g/mol. The third-order valence-electron chi connectivity index (χ3n) is 3.36. The molecule has 0 aromatic heterocycles. The Kier molecular flexibility index (Phi) is 4.96. The summed E-state index contributed by atoms with van der Waals surface area (Å²) in [4.78, 5) is 22.8. The third-order valence-corrected chi connectivity index (χ3v) is 3.36. The molecule has 23 heavy (non-hydrogen) atoms. The summed E-state index contributed by atoms with van der Waals surface area (Å²) in [6.45, 7) is 10.2. The maximum Gasteiger partial charge on any atom is 0.308 e. The van der Waals surface area contributed by atoms with E-state index in [1.807, 2.05) is 24.3 Å². The van der Waals surface area contributed by atoms with Crippen LogP contribution in [0.5, 0.6) is 11.5 Å². The molecule has 2 aromatic rings. The summed E-state index contributed by atoms with van der Waals surface area (Å²) in [5, 5.41) is 1.56. The fourth-order valence-electron chi connectivity index (χ4n) is 2.46. The third kappa shape index (κ3) is 3.48. The summed E-state index contributed by atoms with van der Waals surface area (Å²) in [7, 11) is 0. The topological polar surface area (TPSA) is 52.6 Å². The van der Waals surface area contributed by atoms with E-state index >= 15 is 0 Å². The summed E-state index contributed by atoms with van der Waals surface area (Å²) in [5.41, 5.74) is 0.873. The molecule has 0 amide bonds. The smallest absolute Gasteiger partial charge is 0.308 e. The molecule has 4 nitrogen and oxygen atoms in total. The van der Waals surface area contributed by atoms with Crippen LogP contribution in [0.15, 0.2) is 55.6 Å². The fourth-order valence-corrected chi connectivity index (χ4v) is 2.46. The van der Waals surface area contributed by atoms with Crippen LogP contribution in [0.25, 0.3) is 10.8 Å². The van der Waals surface area contributed by atoms with Gasteiger partial charge in [-0.2, -0.15) is 0 Å². The molecule has 0 N–H and O–H groups in total. The average molecular weight is 310 g/mol. The predicted molar refractivity (Wildman–Crippen MR) is 89.7 cm³/mol. The van der Waals surface area contributed by atoms with Crippen LogP contribution >= 0.6 is 0 Å². The van der Waals surface area contributed by atoms with Crippen LogP contribution in [0.2, 0.25) is 0 Å². The zero-order chi connectivity index (χ0) is 17.0. The van der Waals surface area contributed by atoms with Gasteiger partial charge in [0.25, 0.3) is 0 Å². The standard InChI is InChI=1S/C19H18O4/c1-5-14(6-2)17-11-18(22-12(3)20)19(23-13(4)21)16-10-8-7-9-15(16)17/h5-11,14H,1-2H2,3-4H3. The van der Waals surface area contributed by atoms with Crippen LogP contribution in [0.4, 0.5) is 0 Å². The van der Waals surface area contributed by atoms with E-state index in [0.717, 1.165) is 10.9 Å². The van der Waals surface area contributed by atoms with Gasteiger partial charge in [0.15, 0.2) is 11.5 Å². The van der Waals surface area contributed by atoms with Gasteiger partial charge in [-0.15, -0.1) is 13.2 Å². The zero-order valence-electron chi connectivity index (χ0n) is 13.2. The molecule has 0 fully saturated rings. The lowest BCUT2D eigenvalue weighted by atomic mass is 9.92. The minimum Gasteiger partial charge on any atom is -0.423 e. The van der Waals surface area contributed by atoms with E-state index in [1.165, 1.54) is 13.8 Å². The average Bonchev–Trinajstić information content (AvgIpc) is 2.51. The molecular weight excluding hydrogens is 292 g/mol. The Bertz CT molecular complexity index is 781. The molecule has 0 aliphatic carbocycles. The van der Waals surface area contributed by atoms with Crippen molar-refractivity contribution in [3.05, 3.63) is 61.2 Å². The van der Waals surface area contributed by atoms with Crippen LogP contribution in [0, 0.1) is 0 Å². The Morgan fingerprint density at radius 1 is 1.00 bits per heavy atom. The molecule has 0 spiro atoms. The summed E-state index contributed by atoms with van der Waals surface area (Å²) < 4.78 is 10.5. The SMILES string of the molecule is C=CC(C=C)c1cc(OC(C)=O)c(OC(C)=O)c2ccccc12. The number of ether oxygens (including phenoxy) is 2. The molecule has 2 aromatic carbocycles. The van der Waals surface area contributed by atoms with Crippen LogP contribution in [0.3, 0.4) is 0 Å². The Hall–Kier alpha value is -2.88. The lowest BCUT2D eigenvalue weighted by Crippen LogP contribution is -2.09. The van der Waals surface area contributed by atoms with Crippen molar-refractivity contribution in [3.63, 3.8) is 0 Å². The first-order valence-electron chi connectivity index (χ1n) is 7.15. The molecule has 0 heterocycles. The molecule has 118 valence electrons. The zero-order valence-corrected chi connectivity index (χ0v) is 13.2. The first kappa shape index (κ1) is 16.5. The van der Waals surface area contributed by atoms with Gasteiger partial charge in [-0.1, -0.05) is 36.4 Å². The molecule has 2 rings (SSSR count). The number of allylic oxidation sites excluding steroid dienone is 2. The van der Waals surface area contributed by atoms with Gasteiger partial charge in [0, 0.05) is 25.2 Å². The van der Waals surface area contributed by atoms with Gasteiger partial charge in [-0.05, 0) is 17.0 Å². The number of fused-ring (bicyclic) bond motifs is 1. The van der Waals surface area contributed by atoms with Gasteiger partial charge in [0.2, 0.25) is 0 Å². The Morgan fingerprint density at radius 3 is 2.09 bits per heavy atom. The lowest BCUT2D eigenvalue weighted by Gasteiger charge is -2.17. The van der Waals surface area contributed by atoms with E-state index in [4.69, 9.17) is 9.47 Å². The van der Waals surface area contributed by atoms with Crippen molar-refractivity contribution >= 4 is 22.7 Å². The fraction of sp³-hybridized carbons (Fsp3) is 0.158. The number of carbonyl (C=O) groups excluding carboxylic acids is 2. The Labute approximate surface area is 135 Å². The number of hydrogen-bond donors (Lipinski definition) is 0. The predicted octanol–water partition coefficient (Wildman–Crippen LogP) is 4.15. The van der Waals surface area contributed by atoms with E-state index in [9.17, 15) is 9.59 Å². The quantitative estimate of drug-likeness (QED) is 0.473. The summed E-state index contributed by atoms with van der Waals surface area (Å²) >= 11 is 0. The number of rotatable bonds is 5. The number of esters is 2. The van der Waals surface area contributed by atoms with Gasteiger partial charge in [0.1, 0.15) is 0 Å². The van der Waals surface area contributed by atoms with Crippen molar-refractivity contribution < 1.29 is 19.1 Å². The molecule has 0 bridgehead atoms. The second-order valence-corrected chi connectivity index (χ2v) is 5.02. The number of benzene rings is 2. The lowest BCUT2D eigenvalue weighted by molar-refractivity contribution is -0.134. The first-order chi connectivity index (χ1) is 11.0. The molecule has 0 saturated heterocycles. The van der Waals surface area contributed by atoms with E-state index in [-0.39, 0.29) is 17.4 Å². The molecule has 0 aliphatic heterocycles. The minimum absolute atomic E-state index is 0.124. The number of carbonyl (C=O) groups is 2. The van der Waals surface area contributed by atoms with Crippen molar-refractivity contribution in [1.82, 2.24) is 0 Å². The van der Waals surface area contributed by atoms with E-state index in [0.29, 0.717) is 5.39 Å². The van der Waals surface area contributed by atoms with Crippen LogP contribution in [0.1, 0.15) is 25.3 Å². The van der Waals surface area contributed by atoms with Gasteiger partial charge >= 0.3 is 11.9 Å². The highest BCUT2D eigenvalue weighted by molar-refractivity contribution is 5.96. The molecule has 0 saturated carbocycles.